The zero-order valence-electron chi connectivity index (χ0n) is 10.9. The predicted molar refractivity (Wildman–Crippen MR) is 71.5 cm³/mol. The second-order valence-corrected chi connectivity index (χ2v) is 5.21. The van der Waals surface area contributed by atoms with Crippen LogP contribution >= 0.6 is 0 Å². The summed E-state index contributed by atoms with van der Waals surface area (Å²) in [6, 6.07) is 10.0. The van der Waals surface area contributed by atoms with Crippen LogP contribution in [0.2, 0.25) is 0 Å². The Labute approximate surface area is 104 Å². The maximum Gasteiger partial charge on any atom is 0.228 e. The molecule has 0 spiro atoms. The Bertz CT molecular complexity index is 376. The van der Waals surface area contributed by atoms with Crippen LogP contribution in [-0.2, 0) is 11.3 Å². The van der Waals surface area contributed by atoms with Gasteiger partial charge in [-0.05, 0) is 5.56 Å². The maximum absolute atomic E-state index is 12.2. The molecule has 0 unspecified atom stereocenters. The van der Waals surface area contributed by atoms with Gasteiger partial charge in [-0.15, -0.1) is 6.58 Å². The highest BCUT2D eigenvalue weighted by Gasteiger charge is 2.26. The Morgan fingerprint density at radius 3 is 2.35 bits per heavy atom. The molecule has 1 amide bonds. The van der Waals surface area contributed by atoms with E-state index in [2.05, 4.69) is 6.58 Å². The lowest BCUT2D eigenvalue weighted by molar-refractivity contribution is -0.139. The van der Waals surface area contributed by atoms with E-state index < -0.39 is 0 Å². The summed E-state index contributed by atoms with van der Waals surface area (Å²) in [5, 5.41) is 0. The molecule has 1 aromatic carbocycles. The van der Waals surface area contributed by atoms with Gasteiger partial charge in [-0.3, -0.25) is 4.79 Å². The van der Waals surface area contributed by atoms with Gasteiger partial charge in [0.1, 0.15) is 0 Å². The molecule has 1 aromatic rings. The summed E-state index contributed by atoms with van der Waals surface area (Å²) in [6.07, 6.45) is 1.77. The number of rotatable bonds is 4. The van der Waals surface area contributed by atoms with E-state index in [1.807, 2.05) is 56.0 Å². The van der Waals surface area contributed by atoms with Crippen molar-refractivity contribution in [3.8, 4) is 0 Å². The van der Waals surface area contributed by atoms with E-state index in [1.54, 1.807) is 6.08 Å². The van der Waals surface area contributed by atoms with Crippen LogP contribution in [0.4, 0.5) is 0 Å². The van der Waals surface area contributed by atoms with E-state index in [-0.39, 0.29) is 11.3 Å². The minimum Gasteiger partial charge on any atom is -0.334 e. The average Bonchev–Trinajstić information content (AvgIpc) is 2.28. The average molecular weight is 231 g/mol. The van der Waals surface area contributed by atoms with Gasteiger partial charge in [0.2, 0.25) is 5.91 Å². The summed E-state index contributed by atoms with van der Waals surface area (Å²) in [5.41, 5.74) is 0.796. The van der Waals surface area contributed by atoms with E-state index in [4.69, 9.17) is 0 Å². The summed E-state index contributed by atoms with van der Waals surface area (Å²) >= 11 is 0. The fourth-order valence-corrected chi connectivity index (χ4v) is 1.65. The Morgan fingerprint density at radius 2 is 1.88 bits per heavy atom. The number of hydrogen-bond acceptors (Lipinski definition) is 1. The summed E-state index contributed by atoms with van der Waals surface area (Å²) < 4.78 is 0. The molecule has 92 valence electrons. The number of amides is 1. The molecule has 0 atom stereocenters. The van der Waals surface area contributed by atoms with Crippen molar-refractivity contribution in [2.24, 2.45) is 5.41 Å². The summed E-state index contributed by atoms with van der Waals surface area (Å²) in [4.78, 5) is 14.1. The highest BCUT2D eigenvalue weighted by atomic mass is 16.2. The van der Waals surface area contributed by atoms with Gasteiger partial charge in [-0.2, -0.15) is 0 Å². The monoisotopic (exact) mass is 231 g/mol. The fourth-order valence-electron chi connectivity index (χ4n) is 1.65. The van der Waals surface area contributed by atoms with Crippen LogP contribution in [0.5, 0.6) is 0 Å². The van der Waals surface area contributed by atoms with Crippen LogP contribution in [0.3, 0.4) is 0 Å². The van der Waals surface area contributed by atoms with Crippen LogP contribution in [0.25, 0.3) is 0 Å². The summed E-state index contributed by atoms with van der Waals surface area (Å²) in [7, 11) is 0. The van der Waals surface area contributed by atoms with Crippen molar-refractivity contribution in [3.63, 3.8) is 0 Å². The molecule has 2 heteroatoms. The molecule has 0 saturated heterocycles. The molecule has 0 fully saturated rings. The highest BCUT2D eigenvalue weighted by Crippen LogP contribution is 2.19. The van der Waals surface area contributed by atoms with Gasteiger partial charge < -0.3 is 4.90 Å². The molecule has 0 aliphatic heterocycles. The minimum absolute atomic E-state index is 0.154. The van der Waals surface area contributed by atoms with Crippen molar-refractivity contribution >= 4 is 5.91 Å². The largest absolute Gasteiger partial charge is 0.334 e. The lowest BCUT2D eigenvalue weighted by Gasteiger charge is -2.28. The van der Waals surface area contributed by atoms with Gasteiger partial charge >= 0.3 is 0 Å². The van der Waals surface area contributed by atoms with E-state index in [9.17, 15) is 4.79 Å². The smallest absolute Gasteiger partial charge is 0.228 e. The first-order chi connectivity index (χ1) is 7.95. The van der Waals surface area contributed by atoms with Crippen molar-refractivity contribution in [3.05, 3.63) is 48.6 Å². The van der Waals surface area contributed by atoms with Crippen LogP contribution in [-0.4, -0.2) is 17.4 Å². The third kappa shape index (κ3) is 4.06. The van der Waals surface area contributed by atoms with Crippen LogP contribution in [0.1, 0.15) is 26.3 Å². The molecule has 0 aromatic heterocycles. The Morgan fingerprint density at radius 1 is 1.29 bits per heavy atom. The summed E-state index contributed by atoms with van der Waals surface area (Å²) in [6.45, 7) is 10.8. The Kier molecular flexibility index (Phi) is 4.50. The van der Waals surface area contributed by atoms with Crippen molar-refractivity contribution < 1.29 is 4.79 Å². The number of nitrogens with zero attached hydrogens (tertiary/aromatic N) is 1. The molecule has 0 radical (unpaired) electrons. The van der Waals surface area contributed by atoms with Crippen molar-refractivity contribution in [2.75, 3.05) is 6.54 Å². The second kappa shape index (κ2) is 5.67. The molecule has 0 saturated carbocycles. The van der Waals surface area contributed by atoms with Gasteiger partial charge in [-0.25, -0.2) is 0 Å². The van der Waals surface area contributed by atoms with Crippen molar-refractivity contribution in [1.82, 2.24) is 4.90 Å². The Balaban J connectivity index is 2.80. The molecular formula is C15H21NO. The van der Waals surface area contributed by atoms with Gasteiger partial charge in [0.05, 0.1) is 0 Å². The van der Waals surface area contributed by atoms with Gasteiger partial charge in [0.25, 0.3) is 0 Å². The SMILES string of the molecule is C=CCN(Cc1ccccc1)C(=O)C(C)(C)C. The van der Waals surface area contributed by atoms with Crippen LogP contribution < -0.4 is 0 Å². The number of hydrogen-bond donors (Lipinski definition) is 0. The molecule has 0 N–H and O–H groups in total. The van der Waals surface area contributed by atoms with E-state index >= 15 is 0 Å². The lowest BCUT2D eigenvalue weighted by atomic mass is 9.94. The Hall–Kier alpha value is -1.57. The summed E-state index contributed by atoms with van der Waals surface area (Å²) in [5.74, 6) is 0.154. The van der Waals surface area contributed by atoms with Crippen molar-refractivity contribution in [1.29, 1.82) is 0 Å². The third-order valence-corrected chi connectivity index (χ3v) is 2.49. The van der Waals surface area contributed by atoms with Crippen LogP contribution in [0, 0.1) is 5.41 Å². The first kappa shape index (κ1) is 13.5. The zero-order chi connectivity index (χ0) is 12.9. The molecular weight excluding hydrogens is 210 g/mol. The highest BCUT2D eigenvalue weighted by molar-refractivity contribution is 5.81. The number of benzene rings is 1. The third-order valence-electron chi connectivity index (χ3n) is 2.49. The fraction of sp³-hybridized carbons (Fsp3) is 0.400. The van der Waals surface area contributed by atoms with E-state index in [1.165, 1.54) is 0 Å². The molecule has 17 heavy (non-hydrogen) atoms. The maximum atomic E-state index is 12.2. The lowest BCUT2D eigenvalue weighted by Crippen LogP contribution is -2.39. The quantitative estimate of drug-likeness (QED) is 0.728. The molecule has 0 aliphatic rings. The molecule has 0 bridgehead atoms. The molecule has 0 aliphatic carbocycles. The second-order valence-electron chi connectivity index (χ2n) is 5.21. The molecule has 1 rings (SSSR count). The van der Waals surface area contributed by atoms with Gasteiger partial charge in [0, 0.05) is 18.5 Å². The topological polar surface area (TPSA) is 20.3 Å². The van der Waals surface area contributed by atoms with Gasteiger partial charge in [0.15, 0.2) is 0 Å². The minimum atomic E-state index is -0.349. The van der Waals surface area contributed by atoms with E-state index in [0.717, 1.165) is 5.56 Å². The predicted octanol–water partition coefficient (Wildman–Crippen LogP) is 3.25. The number of carbonyl (C=O) groups is 1. The van der Waals surface area contributed by atoms with Crippen molar-refractivity contribution in [2.45, 2.75) is 27.3 Å². The van der Waals surface area contributed by atoms with E-state index in [0.29, 0.717) is 13.1 Å². The number of carbonyl (C=O) groups excluding carboxylic acids is 1. The first-order valence-corrected chi connectivity index (χ1v) is 5.89. The van der Waals surface area contributed by atoms with Crippen LogP contribution in [0.15, 0.2) is 43.0 Å². The molecule has 2 nitrogen and oxygen atoms in total. The molecule has 0 heterocycles. The normalized spacial score (nSPS) is 11.0. The first-order valence-electron chi connectivity index (χ1n) is 5.89. The zero-order valence-corrected chi connectivity index (χ0v) is 10.9. The standard InChI is InChI=1S/C15H21NO/c1-5-11-16(14(17)15(2,3)4)12-13-9-7-6-8-10-13/h5-10H,1,11-12H2,2-4H3. The van der Waals surface area contributed by atoms with Gasteiger partial charge in [-0.1, -0.05) is 57.2 Å².